The van der Waals surface area contributed by atoms with Gasteiger partial charge in [-0.1, -0.05) is 216 Å². The van der Waals surface area contributed by atoms with Crippen molar-refractivity contribution in [2.45, 2.75) is 164 Å². The summed E-state index contributed by atoms with van der Waals surface area (Å²) >= 11 is 12.2. The van der Waals surface area contributed by atoms with E-state index < -0.39 is 50.8 Å². The number of unbranched alkanes of at least 4 members (excludes halogenated alkanes) is 1. The number of hydrogen-bond acceptors (Lipinski definition) is 27. The van der Waals surface area contributed by atoms with Gasteiger partial charge in [-0.05, 0) is 166 Å². The van der Waals surface area contributed by atoms with Crippen LogP contribution in [0.25, 0.3) is 33.0 Å². The number of thiophene rings is 2. The maximum Gasteiger partial charge on any atom is 0.266 e. The maximum atomic E-state index is 15.2. The number of nitriles is 1. The Morgan fingerprint density at radius 1 is 0.578 bits per heavy atom. The van der Waals surface area contributed by atoms with Crippen molar-refractivity contribution in [1.82, 2.24) is 49.3 Å². The number of guanidine groups is 6. The van der Waals surface area contributed by atoms with Crippen LogP contribution in [0.15, 0.2) is 282 Å². The van der Waals surface area contributed by atoms with Crippen LogP contribution in [0.4, 0.5) is 8.78 Å². The Morgan fingerprint density at radius 3 is 1.76 bits per heavy atom. The van der Waals surface area contributed by atoms with Gasteiger partial charge in [0.1, 0.15) is 56.3 Å². The van der Waals surface area contributed by atoms with Crippen LogP contribution in [0.2, 0.25) is 4.34 Å². The summed E-state index contributed by atoms with van der Waals surface area (Å²) in [4.78, 5) is 128. The van der Waals surface area contributed by atoms with Crippen LogP contribution in [0.5, 0.6) is 0 Å². The second kappa shape index (κ2) is 45.6. The molecule has 31 nitrogen and oxygen atoms in total. The molecule has 1 fully saturated rings. The molecule has 7 aliphatic heterocycles. The lowest BCUT2D eigenvalue weighted by atomic mass is 9.75. The molecule has 37 heteroatoms. The number of nitrogens with two attached hydrogens (primary N) is 6. The zero-order chi connectivity index (χ0) is 106. The van der Waals surface area contributed by atoms with Crippen molar-refractivity contribution < 1.29 is 46.7 Å². The van der Waals surface area contributed by atoms with Gasteiger partial charge in [0, 0.05) is 121 Å². The van der Waals surface area contributed by atoms with E-state index in [4.69, 9.17) is 70.4 Å². The van der Waals surface area contributed by atoms with Gasteiger partial charge in [-0.15, -0.1) is 22.7 Å². The Morgan fingerprint density at radius 2 is 1.17 bits per heavy atom. The molecular formula is C110H121BrClF2N23O8S2. The predicted molar refractivity (Wildman–Crippen MR) is 576 cm³/mol. The lowest BCUT2D eigenvalue weighted by Gasteiger charge is -2.40. The number of fused-ring (bicyclic) bond motifs is 1. The van der Waals surface area contributed by atoms with Gasteiger partial charge in [0.15, 0.2) is 41.3 Å². The van der Waals surface area contributed by atoms with Crippen LogP contribution in [-0.2, 0) is 79.7 Å². The summed E-state index contributed by atoms with van der Waals surface area (Å²) < 4.78 is 40.6. The number of carbonyl (C=O) groups is 6. The van der Waals surface area contributed by atoms with E-state index in [0.29, 0.717) is 37.7 Å². The number of hydrogen-bond donors (Lipinski definition) is 6. The molecule has 1 saturated heterocycles. The van der Waals surface area contributed by atoms with Crippen LogP contribution >= 0.6 is 50.2 Å². The molecule has 6 amide bonds. The Bertz CT molecular complexity index is 7030. The van der Waals surface area contributed by atoms with Gasteiger partial charge >= 0.3 is 0 Å². The smallest absolute Gasteiger partial charge is 0.266 e. The van der Waals surface area contributed by atoms with E-state index in [1.54, 1.807) is 107 Å². The first-order valence-corrected chi connectivity index (χ1v) is 50.8. The Labute approximate surface area is 875 Å². The third-order valence-electron chi connectivity index (χ3n) is 27.7. The third kappa shape index (κ3) is 23.1. The van der Waals surface area contributed by atoms with Crippen molar-refractivity contribution in [3.8, 4) is 28.3 Å². The number of pyridine rings is 1. The zero-order valence-corrected chi connectivity index (χ0v) is 88.3. The minimum atomic E-state index is -1.19. The van der Waals surface area contributed by atoms with Gasteiger partial charge < -0.3 is 43.6 Å². The topological polar surface area (TPSA) is 440 Å². The number of halogens is 4. The van der Waals surface area contributed by atoms with Gasteiger partial charge in [-0.3, -0.25) is 68.1 Å². The average Bonchev–Trinajstić information content (AvgIpc) is 1.51. The largest absolute Gasteiger partial charge is 0.467 e. The Balaban J connectivity index is 0.000000140. The van der Waals surface area contributed by atoms with E-state index in [1.807, 2.05) is 141 Å². The summed E-state index contributed by atoms with van der Waals surface area (Å²) in [6, 6.07) is 67.2. The normalized spacial score (nSPS) is 21.8. The number of methoxy groups -OCH3 is 1. The number of amides is 6. The van der Waals surface area contributed by atoms with E-state index in [-0.39, 0.29) is 115 Å². The molecule has 12 heterocycles. The SMILES string of the molecule is CCCCC1([C@@H]2CCCN(Cc3ccccc3)C2)N=C(N)N(C)C1=O.CN1C(=O)C[C@@](C)(c2cncc(-c3cncnc3)c2)N=C1N.CN1C(=O)C[C@@](C)(c2sc(Cl)c(-c3ccc(F)c(C#N)c3)c2F)N=C1N.CN1C(=O)[C@@H](c2ccc(C(C)(C)C)cc2)[C@@](C)(c2ccco2)N=C1N.COCC[C@@]1(c2ccc(Br)s2)CC(=O)N(C)C(N)=N1.NC1=NC(c2ccccc2)(c2ccccc2)C(=O)N1Cc1cccc2ccccc12. The summed E-state index contributed by atoms with van der Waals surface area (Å²) in [6.07, 6.45) is 16.1. The van der Waals surface area contributed by atoms with E-state index in [1.165, 1.54) is 56.2 Å². The third-order valence-corrected chi connectivity index (χ3v) is 31.1. The monoisotopic (exact) mass is 2110 g/mol. The molecule has 5 aromatic heterocycles. The fraction of sp³-hybridized carbons (Fsp3) is 0.327. The Hall–Kier alpha value is -14.6. The van der Waals surface area contributed by atoms with Crippen molar-refractivity contribution in [3.63, 3.8) is 0 Å². The Kier molecular flexibility index (Phi) is 33.5. The van der Waals surface area contributed by atoms with Crippen LogP contribution in [-0.4, -0.2) is 188 Å². The number of rotatable bonds is 20. The molecule has 147 heavy (non-hydrogen) atoms. The summed E-state index contributed by atoms with van der Waals surface area (Å²) in [5, 5.41) is 11.2. The number of benzene rings is 7. The summed E-state index contributed by atoms with van der Waals surface area (Å²) in [5.41, 5.74) is 39.5. The van der Waals surface area contributed by atoms with Crippen molar-refractivity contribution in [2.75, 3.05) is 62.0 Å². The molecule has 7 aliphatic rings. The fourth-order valence-corrected chi connectivity index (χ4v) is 22.1. The standard InChI is InChI=1S/C26H21N3O.C20H30N4O.C20H25N3O2.C17H13ClF2N4OS.C15H16N6O.C12H16BrN3O2S/c27-25-28-26(21-13-3-1-4-14-21,22-15-5-2-6-16-22)24(30)29(25)18-20-12-9-11-19-10-7-8-17-23(19)20;1-3-4-12-20(18(25)23(2)19(21)22-20)17-11-8-13-24(15-17)14-16-9-6-5-7-10-16;1-19(2,3)14-10-8-13(9-11-14)16-17(24)23(5)18(21)22-20(16,4)15-7-6-12-25-15;1-17(6-11(25)24(2)16(22)23-17)14-13(20)12(15(18)26-14)8-3-4-10(19)9(5-8)7-21;1-15(4-13(22)21(2)14(16)20-15)12-3-10(5-17-8-12)11-6-18-9-19-7-11;1-16-10(17)7-12(5-6-18-2,15-11(16)14)8-3-4-9(13)19-8/h1-17H,18H2,(H2,27,28);5-7,9-10,17H,3-4,8,11-15H2,1-2H3,(H2,21,22);6-12,16H,1-5H3,(H2,21,22);3-5H,6H2,1-2H3,(H2,22,23);3,5-9H,4H2,1-2H3,(H2,16,20);3-4H,5-7H2,1-2H3,(H2,14,15)/t;17-,20?;16-,20-;17-;15-;12-/m.11000/s1. The summed E-state index contributed by atoms with van der Waals surface area (Å²) in [6.45, 7) is 17.9. The number of likely N-dealkylation sites (N-methyl/N-ethyl adjacent to an activating group) is 2. The van der Waals surface area contributed by atoms with Crippen LogP contribution < -0.4 is 34.4 Å². The van der Waals surface area contributed by atoms with Crippen molar-refractivity contribution in [3.05, 3.63) is 323 Å². The molecule has 1 unspecified atom stereocenters. The molecule has 0 spiro atoms. The minimum Gasteiger partial charge on any atom is -0.467 e. The first-order valence-electron chi connectivity index (χ1n) is 48.0. The fourth-order valence-electron chi connectivity index (χ4n) is 19.1. The van der Waals surface area contributed by atoms with Gasteiger partial charge in [-0.25, -0.2) is 48.7 Å². The van der Waals surface area contributed by atoms with Crippen LogP contribution in [0.3, 0.4) is 0 Å². The average molecular weight is 2110 g/mol. The molecule has 0 saturated carbocycles. The number of furan rings is 1. The van der Waals surface area contributed by atoms with Gasteiger partial charge in [0.2, 0.25) is 23.6 Å². The number of likely N-dealkylation sites (tertiary alicyclic amines) is 1. The molecule has 0 bridgehead atoms. The van der Waals surface area contributed by atoms with E-state index in [2.05, 4.69) is 138 Å². The van der Waals surface area contributed by atoms with Gasteiger partial charge in [0.05, 0.1) is 57.8 Å². The molecule has 0 aliphatic carbocycles. The molecule has 0 radical (unpaired) electrons. The van der Waals surface area contributed by atoms with Crippen LogP contribution in [0, 0.1) is 28.9 Å². The number of nitrogens with zero attached hydrogens (tertiary/aromatic N) is 17. The van der Waals surface area contributed by atoms with Crippen molar-refractivity contribution in [2.24, 2.45) is 70.3 Å². The molecule has 12 aromatic rings. The molecule has 19 rings (SSSR count). The summed E-state index contributed by atoms with van der Waals surface area (Å²) in [7, 11) is 9.80. The zero-order valence-electron chi connectivity index (χ0n) is 84.3. The second-order valence-corrected chi connectivity index (χ2v) is 42.8. The van der Waals surface area contributed by atoms with Crippen molar-refractivity contribution >= 4 is 132 Å². The van der Waals surface area contributed by atoms with E-state index >= 15 is 4.39 Å². The number of piperidine rings is 1. The highest BCUT2D eigenvalue weighted by Gasteiger charge is 2.55. The highest BCUT2D eigenvalue weighted by Crippen LogP contribution is 2.50. The van der Waals surface area contributed by atoms with Gasteiger partial charge in [-0.2, -0.15) is 5.26 Å². The van der Waals surface area contributed by atoms with E-state index in [9.17, 15) is 33.2 Å². The molecule has 7 atom stereocenters. The highest BCUT2D eigenvalue weighted by molar-refractivity contribution is 9.11. The highest BCUT2D eigenvalue weighted by atomic mass is 79.9. The number of ether oxygens (including phenoxy) is 1. The minimum absolute atomic E-state index is 0.0113. The summed E-state index contributed by atoms with van der Waals surface area (Å²) in [5.74, 6) is -0.222. The van der Waals surface area contributed by atoms with Crippen molar-refractivity contribution in [1.29, 1.82) is 5.26 Å². The molecule has 764 valence electrons. The molecule has 7 aromatic carbocycles. The molecular weight excluding hydrogens is 1990 g/mol. The lowest BCUT2D eigenvalue weighted by molar-refractivity contribution is -0.133. The van der Waals surface area contributed by atoms with E-state index in [0.717, 1.165) is 128 Å². The predicted octanol–water partition coefficient (Wildman–Crippen LogP) is 16.9. The maximum absolute atomic E-state index is 15.2. The second-order valence-electron chi connectivity index (χ2n) is 38.7. The van der Waals surface area contributed by atoms with Crippen LogP contribution in [0.1, 0.15) is 172 Å². The number of aliphatic imine (C=N–C) groups is 6. The first-order chi connectivity index (χ1) is 70.1. The first kappa shape index (κ1) is 108. The quantitative estimate of drug-likeness (QED) is 0.0413. The number of carbonyl (C=O) groups excluding carboxylic acids is 6. The number of aromatic nitrogens is 3. The lowest BCUT2D eigenvalue weighted by Crippen LogP contribution is -2.52. The van der Waals surface area contributed by atoms with Gasteiger partial charge in [0.25, 0.3) is 11.8 Å². The molecule has 12 N–H and O–H groups in total.